The first kappa shape index (κ1) is 7.41. The maximum absolute atomic E-state index is 12.9. The molecule has 106 valence electrons. The lowest BCUT2D eigenvalue weighted by molar-refractivity contribution is -0.136. The molecule has 0 amide bonds. The number of aliphatic carboxylic acids is 1. The van der Waals surface area contributed by atoms with Crippen LogP contribution in [0.2, 0.25) is 0 Å². The number of carboxylic acid groups (broad SMARTS) is 1. The van der Waals surface area contributed by atoms with E-state index in [-0.39, 0.29) is 27.5 Å². The van der Waals surface area contributed by atoms with Crippen molar-refractivity contribution in [3.63, 3.8) is 0 Å². The van der Waals surface area contributed by atoms with Crippen molar-refractivity contribution >= 4 is 27.9 Å². The molecule has 0 aliphatic heterocycles. The predicted octanol–water partition coefficient (Wildman–Crippen LogP) is 3.19. The van der Waals surface area contributed by atoms with Crippen LogP contribution in [0.1, 0.15) is 26.3 Å². The van der Waals surface area contributed by atoms with Crippen molar-refractivity contribution in [3.05, 3.63) is 57.2 Å². The van der Waals surface area contributed by atoms with Crippen molar-refractivity contribution in [2.24, 2.45) is 0 Å². The molecule has 4 heteroatoms. The van der Waals surface area contributed by atoms with Crippen LogP contribution in [0.25, 0.3) is 21.9 Å². The Kier molecular flexibility index (Phi) is 1.67. The number of benzene rings is 2. The van der Waals surface area contributed by atoms with E-state index in [1.54, 1.807) is 0 Å². The van der Waals surface area contributed by atoms with E-state index in [4.69, 9.17) is 14.0 Å². The summed E-state index contributed by atoms with van der Waals surface area (Å²) in [7, 11) is 0. The molecule has 21 heavy (non-hydrogen) atoms. The van der Waals surface area contributed by atoms with Gasteiger partial charge >= 0.3 is 5.97 Å². The van der Waals surface area contributed by atoms with Gasteiger partial charge in [-0.2, -0.15) is 0 Å². The molecule has 1 aromatic heterocycles. The predicted molar refractivity (Wildman–Crippen MR) is 80.8 cm³/mol. The molecule has 0 saturated heterocycles. The van der Waals surface area contributed by atoms with Crippen molar-refractivity contribution < 1.29 is 23.9 Å². The summed E-state index contributed by atoms with van der Waals surface area (Å²) in [5, 5.41) is 8.73. The van der Waals surface area contributed by atoms with Crippen LogP contribution in [0.5, 0.6) is 0 Å². The third-order valence-electron chi connectivity index (χ3n) is 3.19. The summed E-state index contributed by atoms with van der Waals surface area (Å²) in [6, 6.07) is 2.50. The van der Waals surface area contributed by atoms with Gasteiger partial charge in [0.15, 0.2) is 0 Å². The van der Waals surface area contributed by atoms with Crippen molar-refractivity contribution in [1.82, 2.24) is 0 Å². The van der Waals surface area contributed by atoms with Crippen molar-refractivity contribution in [2.75, 3.05) is 0 Å². The minimum absolute atomic E-state index is 0.0549. The summed E-state index contributed by atoms with van der Waals surface area (Å²) in [5.74, 6) is -1.79. The van der Waals surface area contributed by atoms with Gasteiger partial charge in [0.1, 0.15) is 11.2 Å². The topological polar surface area (TPSA) is 67.5 Å². The van der Waals surface area contributed by atoms with E-state index in [1.165, 1.54) is 19.1 Å². The highest BCUT2D eigenvalue weighted by Gasteiger charge is 2.14. The van der Waals surface area contributed by atoms with Gasteiger partial charge < -0.3 is 9.52 Å². The third-order valence-corrected chi connectivity index (χ3v) is 3.19. The fraction of sp³-hybridized carbons (Fsp3) is 0.176. The van der Waals surface area contributed by atoms with Crippen LogP contribution in [0.4, 0.5) is 0 Å². The molecule has 0 unspecified atom stereocenters. The van der Waals surface area contributed by atoms with Crippen LogP contribution in [0.3, 0.4) is 0 Å². The number of aryl methyl sites for hydroxylation is 1. The first-order valence-electron chi connectivity index (χ1n) is 9.53. The Hall–Kier alpha value is -2.62. The lowest BCUT2D eigenvalue weighted by Gasteiger charge is -2.08. The number of carbonyl (C=O) groups is 1. The average molecular weight is 289 g/mol. The van der Waals surface area contributed by atoms with Crippen LogP contribution in [0.15, 0.2) is 39.5 Å². The van der Waals surface area contributed by atoms with Crippen LogP contribution in [-0.2, 0) is 11.2 Å². The summed E-state index contributed by atoms with van der Waals surface area (Å²) in [5.41, 5.74) is -2.31. The molecule has 0 bridgehead atoms. The van der Waals surface area contributed by atoms with Gasteiger partial charge in [-0.15, -0.1) is 0 Å². The number of hydrogen-bond donors (Lipinski definition) is 1. The largest absolute Gasteiger partial charge is 0.481 e. The lowest BCUT2D eigenvalue weighted by Crippen LogP contribution is -2.06. The number of carboxylic acids is 1. The number of para-hydroxylation sites is 1. The second-order valence-corrected chi connectivity index (χ2v) is 4.50. The normalized spacial score (nSPS) is 17.3. The molecule has 3 aromatic rings. The third kappa shape index (κ3) is 2.09. The van der Waals surface area contributed by atoms with Gasteiger partial charge in [-0.3, -0.25) is 9.59 Å². The summed E-state index contributed by atoms with van der Waals surface area (Å²) < 4.78 is 60.2. The fourth-order valence-electron chi connectivity index (χ4n) is 2.14. The van der Waals surface area contributed by atoms with Gasteiger partial charge in [0.25, 0.3) is 0 Å². The van der Waals surface area contributed by atoms with Crippen LogP contribution in [0, 0.1) is 13.8 Å². The average Bonchev–Trinajstić information content (AvgIpc) is 2.58. The Bertz CT molecular complexity index is 1210. The van der Waals surface area contributed by atoms with Gasteiger partial charge in [-0.1, -0.05) is 18.2 Å². The molecule has 0 spiro atoms. The van der Waals surface area contributed by atoms with Crippen LogP contribution < -0.4 is 5.43 Å². The molecular weight excluding hydrogens is 268 g/mol. The van der Waals surface area contributed by atoms with Crippen molar-refractivity contribution in [3.8, 4) is 0 Å². The highest BCUT2D eigenvalue weighted by molar-refractivity contribution is 5.93. The molecule has 0 radical (unpaired) electrons. The summed E-state index contributed by atoms with van der Waals surface area (Å²) >= 11 is 0. The van der Waals surface area contributed by atoms with E-state index in [0.717, 1.165) is 6.07 Å². The van der Waals surface area contributed by atoms with Gasteiger partial charge in [-0.05, 0) is 37.0 Å². The zero-order chi connectivity index (χ0) is 21.2. The monoisotopic (exact) mass is 289 g/mol. The van der Waals surface area contributed by atoms with E-state index in [1.807, 2.05) is 0 Å². The van der Waals surface area contributed by atoms with E-state index >= 15 is 0 Å². The summed E-state index contributed by atoms with van der Waals surface area (Å²) in [6.45, 7) is -1.42. The standard InChI is InChI=1S/C17H14O4/c1-9-6-7-13-15(20)12-5-3-4-11(8-14(18)19)17(12)21-16(13)10(9)2/h3-7H,8H2,1-2H3,(H,18,19)/i1D3,6D,7D,8D2. The Labute approximate surface area is 130 Å². The first-order valence-corrected chi connectivity index (χ1v) is 6.03. The van der Waals surface area contributed by atoms with Crippen molar-refractivity contribution in [1.29, 1.82) is 0 Å². The minimum Gasteiger partial charge on any atom is -0.481 e. The quantitative estimate of drug-likeness (QED) is 0.736. The minimum atomic E-state index is -2.87. The molecule has 0 aliphatic carbocycles. The van der Waals surface area contributed by atoms with Gasteiger partial charge in [0, 0.05) is 12.4 Å². The molecule has 4 nitrogen and oxygen atoms in total. The zero-order valence-corrected chi connectivity index (χ0v) is 10.9. The first-order chi connectivity index (χ1) is 12.8. The SMILES string of the molecule is [2H]c1c(C([2H])([2H])[2H])c(C)c2oc3c(C([2H])([2H])C(=O)O)cccc3c(=O)c2c1[2H]. The second-order valence-electron chi connectivity index (χ2n) is 4.50. The Morgan fingerprint density at radius 2 is 2.19 bits per heavy atom. The van der Waals surface area contributed by atoms with Gasteiger partial charge in [0.05, 0.1) is 19.9 Å². The second kappa shape index (κ2) is 4.74. The molecular formula is C17H14O4. The fourth-order valence-corrected chi connectivity index (χ4v) is 2.14. The smallest absolute Gasteiger partial charge is 0.307 e. The van der Waals surface area contributed by atoms with E-state index in [9.17, 15) is 14.7 Å². The van der Waals surface area contributed by atoms with Gasteiger partial charge in [0.2, 0.25) is 5.43 Å². The molecule has 0 fully saturated rings. The van der Waals surface area contributed by atoms with E-state index in [0.29, 0.717) is 0 Å². The summed E-state index contributed by atoms with van der Waals surface area (Å²) in [6.07, 6.45) is -2.87. The lowest BCUT2D eigenvalue weighted by atomic mass is 10.0. The zero-order valence-electron chi connectivity index (χ0n) is 17.9. The Morgan fingerprint density at radius 3 is 2.90 bits per heavy atom. The molecule has 1 heterocycles. The number of rotatable bonds is 2. The molecule has 0 aliphatic rings. The maximum Gasteiger partial charge on any atom is 0.307 e. The highest BCUT2D eigenvalue weighted by atomic mass is 16.4. The van der Waals surface area contributed by atoms with Gasteiger partial charge in [-0.25, -0.2) is 0 Å². The Morgan fingerprint density at radius 1 is 1.38 bits per heavy atom. The number of hydrogen-bond acceptors (Lipinski definition) is 3. The Balaban J connectivity index is 2.61. The maximum atomic E-state index is 12.9. The molecule has 1 N–H and O–H groups in total. The van der Waals surface area contributed by atoms with E-state index in [2.05, 4.69) is 0 Å². The van der Waals surface area contributed by atoms with Crippen LogP contribution in [-0.4, -0.2) is 11.1 Å². The molecule has 0 saturated carbocycles. The molecule has 2 aromatic carbocycles. The summed E-state index contributed by atoms with van der Waals surface area (Å²) in [4.78, 5) is 24.3. The molecule has 3 rings (SSSR count). The van der Waals surface area contributed by atoms with E-state index < -0.39 is 47.8 Å². The molecule has 0 atom stereocenters. The van der Waals surface area contributed by atoms with Crippen molar-refractivity contribution in [2.45, 2.75) is 20.1 Å². The highest BCUT2D eigenvalue weighted by Crippen LogP contribution is 2.25. The van der Waals surface area contributed by atoms with Crippen LogP contribution >= 0.6 is 0 Å². The number of fused-ring (bicyclic) bond motifs is 2.